The Morgan fingerprint density at radius 3 is 2.09 bits per heavy atom. The van der Waals surface area contributed by atoms with Gasteiger partial charge in [-0.2, -0.15) is 0 Å². The maximum Gasteiger partial charge on any atom is 0.355 e. The van der Waals surface area contributed by atoms with Crippen molar-refractivity contribution < 1.29 is 43.5 Å². The van der Waals surface area contributed by atoms with Crippen LogP contribution in [0.25, 0.3) is 0 Å². The summed E-state index contributed by atoms with van der Waals surface area (Å²) in [5, 5.41) is 17.2. The SMILES string of the molecule is CCCCCCCCCCCCCC(=O)N[C@H](CC(N)=O)C(=O)C[C@@H](C)CCC(=O)CC(=O)NC1(C(=O)CC(=O)CCC2=N[C@H](c3nc(C(=O)O)cs3)CS2)CC1. The van der Waals surface area contributed by atoms with Crippen LogP contribution in [-0.4, -0.2) is 79.3 Å². The molecule has 0 aromatic carbocycles. The Hall–Kier alpha value is -3.79. The normalized spacial score (nSPS) is 16.6. The fourth-order valence-corrected chi connectivity index (χ4v) is 8.71. The van der Waals surface area contributed by atoms with Crippen LogP contribution in [0.4, 0.5) is 0 Å². The van der Waals surface area contributed by atoms with Gasteiger partial charge in [-0.15, -0.1) is 23.1 Å². The number of aromatic carboxylic acids is 1. The molecule has 0 unspecified atom stereocenters. The van der Waals surface area contributed by atoms with E-state index in [1.165, 1.54) is 73.4 Å². The molecule has 0 radical (unpaired) electrons. The van der Waals surface area contributed by atoms with Crippen molar-refractivity contribution >= 4 is 75.0 Å². The molecule has 0 bridgehead atoms. The summed E-state index contributed by atoms with van der Waals surface area (Å²) in [4.78, 5) is 108. The Labute approximate surface area is 344 Å². The van der Waals surface area contributed by atoms with E-state index in [-0.39, 0.29) is 85.2 Å². The summed E-state index contributed by atoms with van der Waals surface area (Å²) in [6, 6.07) is -1.30. The standard InChI is InChI=1S/C41H61N5O9S2/c1-3-4-5-6-7-8-9-10-11-12-13-14-36(52)43-30(24-35(42)51)33(49)21-27(2)15-16-29(48)23-37(53)46-41(19-20-41)34(50)22-28(47)17-18-38-44-31(25-56-38)39-45-32(26-57-39)40(54)55/h26-27,30-31H,3-25H2,1-2H3,(H2,42,51)(H,43,52)(H,46,53)(H,54,55)/t27-,30+,31-/m0/s1. The number of aromatic nitrogens is 1. The average molecular weight is 832 g/mol. The fourth-order valence-electron chi connectivity index (χ4n) is 6.74. The highest BCUT2D eigenvalue weighted by Crippen LogP contribution is 2.38. The van der Waals surface area contributed by atoms with Crippen LogP contribution in [0.3, 0.4) is 0 Å². The summed E-state index contributed by atoms with van der Waals surface area (Å²) in [6.07, 6.45) is 13.5. The minimum atomic E-state index is -1.14. The first kappa shape index (κ1) is 47.6. The highest BCUT2D eigenvalue weighted by Gasteiger charge is 2.50. The molecule has 3 rings (SSSR count). The lowest BCUT2D eigenvalue weighted by Crippen LogP contribution is -2.44. The maximum absolute atomic E-state index is 13.1. The average Bonchev–Trinajstić information content (AvgIpc) is 3.51. The predicted molar refractivity (Wildman–Crippen MR) is 220 cm³/mol. The van der Waals surface area contributed by atoms with Crippen LogP contribution in [-0.2, 0) is 33.6 Å². The molecule has 1 aromatic rings. The van der Waals surface area contributed by atoms with E-state index in [1.54, 1.807) is 6.92 Å². The van der Waals surface area contributed by atoms with Crippen molar-refractivity contribution in [2.45, 2.75) is 173 Å². The number of hydrogen-bond acceptors (Lipinski definition) is 12. The van der Waals surface area contributed by atoms with E-state index in [0.717, 1.165) is 24.3 Å². The second-order valence-corrected chi connectivity index (χ2v) is 17.6. The van der Waals surface area contributed by atoms with Crippen LogP contribution in [0.1, 0.15) is 177 Å². The van der Waals surface area contributed by atoms with Crippen LogP contribution >= 0.6 is 23.1 Å². The lowest BCUT2D eigenvalue weighted by atomic mass is 9.93. The quantitative estimate of drug-likeness (QED) is 0.0459. The lowest BCUT2D eigenvalue weighted by Gasteiger charge is -2.19. The zero-order valence-electron chi connectivity index (χ0n) is 33.6. The van der Waals surface area contributed by atoms with Gasteiger partial charge in [0, 0.05) is 43.2 Å². The highest BCUT2D eigenvalue weighted by molar-refractivity contribution is 8.14. The Bertz CT molecular complexity index is 1610. The molecule has 0 spiro atoms. The van der Waals surface area contributed by atoms with Gasteiger partial charge in [0.25, 0.3) is 0 Å². The molecular weight excluding hydrogens is 771 g/mol. The lowest BCUT2D eigenvalue weighted by molar-refractivity contribution is -0.134. The van der Waals surface area contributed by atoms with Gasteiger partial charge in [0.2, 0.25) is 17.7 Å². The summed E-state index contributed by atoms with van der Waals surface area (Å²) in [5.41, 5.74) is 4.20. The molecule has 57 heavy (non-hydrogen) atoms. The Morgan fingerprint density at radius 1 is 0.860 bits per heavy atom. The van der Waals surface area contributed by atoms with Gasteiger partial charge in [-0.25, -0.2) is 9.78 Å². The number of nitrogens with two attached hydrogens (primary N) is 1. The predicted octanol–water partition coefficient (Wildman–Crippen LogP) is 6.38. The fraction of sp³-hybridized carbons (Fsp3) is 0.707. The molecule has 316 valence electrons. The van der Waals surface area contributed by atoms with Crippen molar-refractivity contribution in [2.75, 3.05) is 5.75 Å². The molecule has 5 N–H and O–H groups in total. The van der Waals surface area contributed by atoms with E-state index in [4.69, 9.17) is 10.8 Å². The number of nitrogens with one attached hydrogen (secondary N) is 2. The Balaban J connectivity index is 1.31. The molecular formula is C41H61N5O9S2. The number of Topliss-reactive ketones (excluding diaryl/α,β-unsaturated/α-hetero) is 4. The minimum absolute atomic E-state index is 0.0217. The van der Waals surface area contributed by atoms with E-state index >= 15 is 0 Å². The van der Waals surface area contributed by atoms with Crippen molar-refractivity contribution in [1.29, 1.82) is 0 Å². The van der Waals surface area contributed by atoms with Crippen molar-refractivity contribution in [1.82, 2.24) is 15.6 Å². The van der Waals surface area contributed by atoms with Crippen molar-refractivity contribution in [3.05, 3.63) is 16.1 Å². The van der Waals surface area contributed by atoms with E-state index in [0.29, 0.717) is 42.9 Å². The van der Waals surface area contributed by atoms with Crippen LogP contribution in [0.5, 0.6) is 0 Å². The highest BCUT2D eigenvalue weighted by atomic mass is 32.2. The monoisotopic (exact) mass is 831 g/mol. The number of primary amides is 1. The van der Waals surface area contributed by atoms with Crippen molar-refractivity contribution in [2.24, 2.45) is 16.6 Å². The van der Waals surface area contributed by atoms with Gasteiger partial charge in [0.1, 0.15) is 22.6 Å². The number of amides is 3. The number of thioether (sulfide) groups is 1. The van der Waals surface area contributed by atoms with Crippen molar-refractivity contribution in [3.63, 3.8) is 0 Å². The zero-order chi connectivity index (χ0) is 41.8. The third kappa shape index (κ3) is 18.1. The molecule has 1 saturated carbocycles. The van der Waals surface area contributed by atoms with E-state index in [9.17, 15) is 38.4 Å². The van der Waals surface area contributed by atoms with E-state index in [2.05, 4.69) is 27.5 Å². The second-order valence-electron chi connectivity index (χ2n) is 15.6. The van der Waals surface area contributed by atoms with Gasteiger partial charge in [-0.3, -0.25) is 38.6 Å². The number of unbranched alkanes of at least 4 members (excludes halogenated alkanes) is 10. The Kier molecular flexibility index (Phi) is 20.8. The number of aliphatic imine (C=N–C) groups is 1. The number of hydrogen-bond donors (Lipinski definition) is 4. The third-order valence-electron chi connectivity index (χ3n) is 10.3. The molecule has 1 aromatic heterocycles. The van der Waals surface area contributed by atoms with Gasteiger partial charge in [-0.05, 0) is 31.6 Å². The maximum atomic E-state index is 13.1. The third-order valence-corrected chi connectivity index (χ3v) is 12.4. The molecule has 2 aliphatic rings. The van der Waals surface area contributed by atoms with Gasteiger partial charge in [0.15, 0.2) is 17.3 Å². The summed E-state index contributed by atoms with van der Waals surface area (Å²) in [7, 11) is 0. The number of carbonyl (C=O) groups excluding carboxylic acids is 7. The van der Waals surface area contributed by atoms with Gasteiger partial charge < -0.3 is 21.5 Å². The first-order valence-electron chi connectivity index (χ1n) is 20.6. The van der Waals surface area contributed by atoms with Crippen molar-refractivity contribution in [3.8, 4) is 0 Å². The van der Waals surface area contributed by atoms with Crippen LogP contribution in [0.2, 0.25) is 0 Å². The number of nitrogens with zero attached hydrogens (tertiary/aromatic N) is 2. The number of rotatable bonds is 32. The van der Waals surface area contributed by atoms with Crippen LogP contribution < -0.4 is 16.4 Å². The number of thiazole rings is 1. The molecule has 1 aliphatic carbocycles. The summed E-state index contributed by atoms with van der Waals surface area (Å²) >= 11 is 2.70. The molecule has 3 amide bonds. The van der Waals surface area contributed by atoms with Gasteiger partial charge >= 0.3 is 5.97 Å². The minimum Gasteiger partial charge on any atom is -0.476 e. The van der Waals surface area contributed by atoms with Gasteiger partial charge in [-0.1, -0.05) is 78.1 Å². The van der Waals surface area contributed by atoms with E-state index < -0.39 is 35.8 Å². The molecule has 1 fully saturated rings. The summed E-state index contributed by atoms with van der Waals surface area (Å²) in [5.74, 6) is -3.73. The number of carbonyl (C=O) groups is 8. The molecule has 16 heteroatoms. The van der Waals surface area contributed by atoms with E-state index in [1.807, 2.05) is 0 Å². The number of ketones is 4. The summed E-state index contributed by atoms with van der Waals surface area (Å²) in [6.45, 7) is 3.99. The Morgan fingerprint density at radius 2 is 1.49 bits per heavy atom. The molecule has 1 aliphatic heterocycles. The first-order chi connectivity index (χ1) is 27.2. The number of carboxylic acid groups (broad SMARTS) is 1. The molecule has 2 heterocycles. The molecule has 14 nitrogen and oxygen atoms in total. The first-order valence-corrected chi connectivity index (χ1v) is 22.4. The van der Waals surface area contributed by atoms with Gasteiger partial charge in [0.05, 0.1) is 35.9 Å². The molecule has 0 saturated heterocycles. The summed E-state index contributed by atoms with van der Waals surface area (Å²) < 4.78 is 0. The largest absolute Gasteiger partial charge is 0.476 e. The smallest absolute Gasteiger partial charge is 0.355 e. The van der Waals surface area contributed by atoms with Crippen LogP contribution in [0, 0.1) is 5.92 Å². The van der Waals surface area contributed by atoms with Crippen LogP contribution in [0.15, 0.2) is 10.4 Å². The second kappa shape index (κ2) is 24.9. The topological polar surface area (TPSA) is 232 Å². The number of carboxylic acids is 1. The molecule has 3 atom stereocenters. The zero-order valence-corrected chi connectivity index (χ0v) is 35.2.